The summed E-state index contributed by atoms with van der Waals surface area (Å²) in [5.41, 5.74) is 7.19. The molecule has 1 aliphatic heterocycles. The molecule has 4 aromatic rings. The lowest BCUT2D eigenvalue weighted by Crippen LogP contribution is -2.03. The van der Waals surface area contributed by atoms with E-state index in [1.807, 2.05) is 72.9 Å². The number of ether oxygens (including phenoxy) is 1. The number of carbonyl (C=O) groups excluding carboxylic acids is 1. The van der Waals surface area contributed by atoms with Gasteiger partial charge in [-0.15, -0.1) is 0 Å². The van der Waals surface area contributed by atoms with Crippen molar-refractivity contribution in [3.63, 3.8) is 0 Å². The van der Waals surface area contributed by atoms with Gasteiger partial charge in [-0.2, -0.15) is 0 Å². The number of aromatic nitrogens is 1. The van der Waals surface area contributed by atoms with Crippen molar-refractivity contribution in [2.45, 2.75) is 0 Å². The number of rotatable bonds is 5. The lowest BCUT2D eigenvalue weighted by atomic mass is 10.0. The molecule has 3 N–H and O–H groups in total. The first-order valence-corrected chi connectivity index (χ1v) is 10.0. The second-order valence-electron chi connectivity index (χ2n) is 7.34. The number of methoxy groups -OCH3 is 1. The number of benzene rings is 3. The van der Waals surface area contributed by atoms with Gasteiger partial charge in [0.2, 0.25) is 0 Å². The van der Waals surface area contributed by atoms with Crippen molar-refractivity contribution >= 4 is 34.6 Å². The Balaban J connectivity index is 1.46. The molecule has 0 saturated carbocycles. The van der Waals surface area contributed by atoms with Crippen LogP contribution in [0.4, 0.5) is 17.1 Å². The molecule has 5 heteroatoms. The molecule has 1 amide bonds. The maximum Gasteiger partial charge on any atom is 0.256 e. The fourth-order valence-corrected chi connectivity index (χ4v) is 3.76. The molecule has 0 spiro atoms. The van der Waals surface area contributed by atoms with Crippen molar-refractivity contribution in [3.05, 3.63) is 96.3 Å². The monoisotopic (exact) mass is 407 g/mol. The number of carbonyl (C=O) groups is 1. The van der Waals surface area contributed by atoms with Crippen molar-refractivity contribution in [1.29, 1.82) is 0 Å². The van der Waals surface area contributed by atoms with Crippen LogP contribution in [0.15, 0.2) is 85.1 Å². The normalized spacial score (nSPS) is 13.7. The fourth-order valence-electron chi connectivity index (χ4n) is 3.76. The van der Waals surface area contributed by atoms with Crippen molar-refractivity contribution in [3.8, 4) is 16.9 Å². The zero-order valence-electron chi connectivity index (χ0n) is 17.0. The SMILES string of the molecule is COc1cc(Nc2ccc3c(c2)NC(=O)C3=Cc2ccc[nH]2)cc(-c2ccccc2)c1. The van der Waals surface area contributed by atoms with Crippen LogP contribution >= 0.6 is 0 Å². The molecule has 0 atom stereocenters. The van der Waals surface area contributed by atoms with E-state index in [1.165, 1.54) is 0 Å². The highest BCUT2D eigenvalue weighted by molar-refractivity contribution is 6.35. The zero-order chi connectivity index (χ0) is 21.2. The third kappa shape index (κ3) is 3.81. The molecule has 0 aliphatic carbocycles. The predicted molar refractivity (Wildman–Crippen MR) is 125 cm³/mol. The maximum absolute atomic E-state index is 12.5. The topological polar surface area (TPSA) is 66.2 Å². The summed E-state index contributed by atoms with van der Waals surface area (Å²) in [6.45, 7) is 0. The van der Waals surface area contributed by atoms with Crippen molar-refractivity contribution in [2.24, 2.45) is 0 Å². The number of fused-ring (bicyclic) bond motifs is 1. The quantitative estimate of drug-likeness (QED) is 0.359. The van der Waals surface area contributed by atoms with Crippen molar-refractivity contribution < 1.29 is 9.53 Å². The maximum atomic E-state index is 12.5. The molecule has 1 aromatic heterocycles. The van der Waals surface area contributed by atoms with Crippen molar-refractivity contribution in [2.75, 3.05) is 17.7 Å². The first kappa shape index (κ1) is 18.8. The van der Waals surface area contributed by atoms with Gasteiger partial charge in [-0.1, -0.05) is 36.4 Å². The highest BCUT2D eigenvalue weighted by Gasteiger charge is 2.24. The van der Waals surface area contributed by atoms with Crippen LogP contribution in [0.25, 0.3) is 22.8 Å². The Morgan fingerprint density at radius 3 is 2.52 bits per heavy atom. The minimum Gasteiger partial charge on any atom is -0.497 e. The summed E-state index contributed by atoms with van der Waals surface area (Å²) in [6.07, 6.45) is 3.70. The Morgan fingerprint density at radius 2 is 1.74 bits per heavy atom. The van der Waals surface area contributed by atoms with Gasteiger partial charge in [0.15, 0.2) is 0 Å². The number of hydrogen-bond donors (Lipinski definition) is 3. The van der Waals surface area contributed by atoms with E-state index in [1.54, 1.807) is 7.11 Å². The number of aromatic amines is 1. The van der Waals surface area contributed by atoms with Gasteiger partial charge >= 0.3 is 0 Å². The largest absolute Gasteiger partial charge is 0.497 e. The molecule has 152 valence electrons. The Kier molecular flexibility index (Phi) is 4.77. The fraction of sp³-hybridized carbons (Fsp3) is 0.0385. The summed E-state index contributed by atoms with van der Waals surface area (Å²) in [5, 5.41) is 6.40. The van der Waals surface area contributed by atoms with E-state index in [9.17, 15) is 4.79 Å². The standard InChI is InChI=1S/C26H21N3O2/c1-31-22-13-18(17-6-3-2-4-7-17)12-21(14-22)28-20-9-10-23-24(15-19-8-5-11-27-19)26(30)29-25(23)16-20/h2-16,27-28H,1H3,(H,29,30). The smallest absolute Gasteiger partial charge is 0.256 e. The molecule has 31 heavy (non-hydrogen) atoms. The number of H-pyrrole nitrogens is 1. The molecule has 0 bridgehead atoms. The highest BCUT2D eigenvalue weighted by atomic mass is 16.5. The third-order valence-corrected chi connectivity index (χ3v) is 5.26. The van der Waals surface area contributed by atoms with Crippen LogP contribution in [-0.4, -0.2) is 18.0 Å². The summed E-state index contributed by atoms with van der Waals surface area (Å²) in [6, 6.07) is 26.0. The van der Waals surface area contributed by atoms with Crippen LogP contribution in [0.1, 0.15) is 11.3 Å². The lowest BCUT2D eigenvalue weighted by Gasteiger charge is -2.12. The molecule has 1 aliphatic rings. The van der Waals surface area contributed by atoms with Gasteiger partial charge in [-0.25, -0.2) is 0 Å². The summed E-state index contributed by atoms with van der Waals surface area (Å²) in [7, 11) is 1.66. The van der Waals surface area contributed by atoms with Gasteiger partial charge in [0.1, 0.15) is 5.75 Å². The summed E-state index contributed by atoms with van der Waals surface area (Å²) in [4.78, 5) is 15.6. The number of amides is 1. The van der Waals surface area contributed by atoms with E-state index in [0.29, 0.717) is 5.57 Å². The molecule has 3 aromatic carbocycles. The second-order valence-corrected chi connectivity index (χ2v) is 7.34. The Bertz CT molecular complexity index is 1280. The predicted octanol–water partition coefficient (Wildman–Crippen LogP) is 5.93. The molecule has 0 unspecified atom stereocenters. The van der Waals surface area contributed by atoms with E-state index >= 15 is 0 Å². The summed E-state index contributed by atoms with van der Waals surface area (Å²) >= 11 is 0. The lowest BCUT2D eigenvalue weighted by molar-refractivity contribution is -0.110. The first-order valence-electron chi connectivity index (χ1n) is 10.0. The van der Waals surface area contributed by atoms with Crippen LogP contribution in [0, 0.1) is 0 Å². The molecule has 0 radical (unpaired) electrons. The molecule has 0 saturated heterocycles. The first-order chi connectivity index (χ1) is 15.2. The van der Waals surface area contributed by atoms with Crippen molar-refractivity contribution in [1.82, 2.24) is 4.98 Å². The highest BCUT2D eigenvalue weighted by Crippen LogP contribution is 2.36. The number of anilines is 3. The minimum atomic E-state index is -0.102. The van der Waals surface area contributed by atoms with Gasteiger partial charge in [-0.3, -0.25) is 4.79 Å². The van der Waals surface area contributed by atoms with Gasteiger partial charge in [0.25, 0.3) is 5.91 Å². The zero-order valence-corrected chi connectivity index (χ0v) is 17.0. The third-order valence-electron chi connectivity index (χ3n) is 5.26. The Morgan fingerprint density at radius 1 is 0.871 bits per heavy atom. The van der Waals surface area contributed by atoms with E-state index in [0.717, 1.165) is 45.2 Å². The molecule has 5 rings (SSSR count). The number of nitrogens with one attached hydrogen (secondary N) is 3. The molecule has 5 nitrogen and oxygen atoms in total. The van der Waals surface area contributed by atoms with Crippen LogP contribution in [0.2, 0.25) is 0 Å². The van der Waals surface area contributed by atoms with E-state index < -0.39 is 0 Å². The number of hydrogen-bond acceptors (Lipinski definition) is 3. The van der Waals surface area contributed by atoms with Gasteiger partial charge in [0.05, 0.1) is 18.4 Å². The Labute approximate surface area is 180 Å². The van der Waals surface area contributed by atoms with Crippen LogP contribution in [-0.2, 0) is 4.79 Å². The second kappa shape index (κ2) is 7.88. The molecular formula is C26H21N3O2. The average molecular weight is 407 g/mol. The minimum absolute atomic E-state index is 0.102. The van der Waals surface area contributed by atoms with Crippen LogP contribution in [0.3, 0.4) is 0 Å². The van der Waals surface area contributed by atoms with Crippen LogP contribution in [0.5, 0.6) is 5.75 Å². The summed E-state index contributed by atoms with van der Waals surface area (Å²) in [5.74, 6) is 0.670. The molecule has 2 heterocycles. The van der Waals surface area contributed by atoms with Gasteiger partial charge in [-0.05, 0) is 53.6 Å². The Hall–Kier alpha value is -4.25. The molecule has 0 fully saturated rings. The van der Waals surface area contributed by atoms with E-state index in [2.05, 4.69) is 33.8 Å². The average Bonchev–Trinajstić information content (AvgIpc) is 3.42. The summed E-state index contributed by atoms with van der Waals surface area (Å²) < 4.78 is 5.50. The van der Waals surface area contributed by atoms with E-state index in [4.69, 9.17) is 4.74 Å². The van der Waals surface area contributed by atoms with Gasteiger partial charge in [0, 0.05) is 34.9 Å². The van der Waals surface area contributed by atoms with E-state index in [-0.39, 0.29) is 5.91 Å². The van der Waals surface area contributed by atoms with Crippen LogP contribution < -0.4 is 15.4 Å². The molecular weight excluding hydrogens is 386 g/mol. The van der Waals surface area contributed by atoms with Gasteiger partial charge < -0.3 is 20.4 Å².